The summed E-state index contributed by atoms with van der Waals surface area (Å²) >= 11 is 0. The number of nitrogens with zero attached hydrogens (tertiary/aromatic N) is 2. The summed E-state index contributed by atoms with van der Waals surface area (Å²) in [5, 5.41) is 8.87. The Balaban J connectivity index is 2.26. The number of pyridine rings is 1. The van der Waals surface area contributed by atoms with Gasteiger partial charge in [0.2, 0.25) is 0 Å². The van der Waals surface area contributed by atoms with E-state index in [1.807, 2.05) is 12.3 Å². The standard InChI is InChI=1S/C10H14N2O/c13-8-7-12-6-2-4-9-3-1-5-11-10(9)12/h1,3,5,13H,2,4,6-8H2. The van der Waals surface area contributed by atoms with E-state index in [0.29, 0.717) is 6.54 Å². The molecule has 0 amide bonds. The maximum atomic E-state index is 8.87. The molecule has 0 saturated heterocycles. The molecule has 0 atom stereocenters. The molecule has 0 spiro atoms. The summed E-state index contributed by atoms with van der Waals surface area (Å²) in [5.41, 5.74) is 1.31. The van der Waals surface area contributed by atoms with Crippen LogP contribution < -0.4 is 4.90 Å². The average Bonchev–Trinajstić information content (AvgIpc) is 2.19. The minimum absolute atomic E-state index is 0.204. The Labute approximate surface area is 78.0 Å². The highest BCUT2D eigenvalue weighted by Crippen LogP contribution is 2.23. The Kier molecular flexibility index (Phi) is 2.45. The van der Waals surface area contributed by atoms with Gasteiger partial charge in [-0.1, -0.05) is 6.07 Å². The Morgan fingerprint density at radius 3 is 3.31 bits per heavy atom. The van der Waals surface area contributed by atoms with Crippen LogP contribution in [-0.2, 0) is 6.42 Å². The summed E-state index contributed by atoms with van der Waals surface area (Å²) in [7, 11) is 0. The summed E-state index contributed by atoms with van der Waals surface area (Å²) in [6, 6.07) is 4.09. The van der Waals surface area contributed by atoms with E-state index in [4.69, 9.17) is 5.11 Å². The average molecular weight is 178 g/mol. The van der Waals surface area contributed by atoms with Crippen LogP contribution >= 0.6 is 0 Å². The van der Waals surface area contributed by atoms with Crippen molar-refractivity contribution in [2.45, 2.75) is 12.8 Å². The van der Waals surface area contributed by atoms with Crippen LogP contribution in [0.15, 0.2) is 18.3 Å². The zero-order valence-corrected chi connectivity index (χ0v) is 7.61. The number of aryl methyl sites for hydroxylation is 1. The predicted molar refractivity (Wildman–Crippen MR) is 51.9 cm³/mol. The van der Waals surface area contributed by atoms with Crippen molar-refractivity contribution in [2.24, 2.45) is 0 Å². The van der Waals surface area contributed by atoms with Crippen LogP contribution in [0.1, 0.15) is 12.0 Å². The molecule has 13 heavy (non-hydrogen) atoms. The lowest BCUT2D eigenvalue weighted by molar-refractivity contribution is 0.300. The van der Waals surface area contributed by atoms with Gasteiger partial charge in [0, 0.05) is 19.3 Å². The van der Waals surface area contributed by atoms with E-state index in [9.17, 15) is 0 Å². The molecule has 0 unspecified atom stereocenters. The molecule has 0 aliphatic carbocycles. The molecule has 3 heteroatoms. The largest absolute Gasteiger partial charge is 0.395 e. The molecule has 0 aromatic carbocycles. The van der Waals surface area contributed by atoms with Gasteiger partial charge in [-0.05, 0) is 24.5 Å². The van der Waals surface area contributed by atoms with Crippen LogP contribution in [0, 0.1) is 0 Å². The molecular weight excluding hydrogens is 164 g/mol. The van der Waals surface area contributed by atoms with Gasteiger partial charge in [-0.3, -0.25) is 0 Å². The number of anilines is 1. The van der Waals surface area contributed by atoms with Gasteiger partial charge in [0.15, 0.2) is 0 Å². The summed E-state index contributed by atoms with van der Waals surface area (Å²) in [6.07, 6.45) is 4.10. The minimum atomic E-state index is 0.204. The molecule has 2 heterocycles. The molecule has 3 nitrogen and oxygen atoms in total. The Morgan fingerprint density at radius 1 is 1.54 bits per heavy atom. The number of aliphatic hydroxyl groups excluding tert-OH is 1. The van der Waals surface area contributed by atoms with E-state index >= 15 is 0 Å². The first kappa shape index (κ1) is 8.51. The van der Waals surface area contributed by atoms with Crippen molar-refractivity contribution < 1.29 is 5.11 Å². The van der Waals surface area contributed by atoms with Gasteiger partial charge in [0.1, 0.15) is 5.82 Å². The smallest absolute Gasteiger partial charge is 0.131 e. The first-order valence-corrected chi connectivity index (χ1v) is 4.71. The maximum absolute atomic E-state index is 8.87. The molecular formula is C10H14N2O. The van der Waals surface area contributed by atoms with Crippen molar-refractivity contribution in [1.82, 2.24) is 4.98 Å². The highest BCUT2D eigenvalue weighted by Gasteiger charge is 2.16. The SMILES string of the molecule is OCCN1CCCc2cccnc21. The highest BCUT2D eigenvalue weighted by molar-refractivity contribution is 5.48. The second-order valence-corrected chi connectivity index (χ2v) is 3.30. The first-order chi connectivity index (χ1) is 6.42. The van der Waals surface area contributed by atoms with Crippen molar-refractivity contribution in [2.75, 3.05) is 24.6 Å². The van der Waals surface area contributed by atoms with Gasteiger partial charge in [-0.25, -0.2) is 4.98 Å². The quantitative estimate of drug-likeness (QED) is 0.728. The second-order valence-electron chi connectivity index (χ2n) is 3.30. The van der Waals surface area contributed by atoms with Crippen LogP contribution in [-0.4, -0.2) is 29.8 Å². The fourth-order valence-corrected chi connectivity index (χ4v) is 1.81. The Morgan fingerprint density at radius 2 is 2.46 bits per heavy atom. The van der Waals surface area contributed by atoms with Crippen molar-refractivity contribution in [3.63, 3.8) is 0 Å². The number of hydrogen-bond acceptors (Lipinski definition) is 3. The van der Waals surface area contributed by atoms with E-state index in [1.165, 1.54) is 12.0 Å². The molecule has 0 radical (unpaired) electrons. The van der Waals surface area contributed by atoms with E-state index in [-0.39, 0.29) is 6.61 Å². The Hall–Kier alpha value is -1.09. The Bertz CT molecular complexity index is 288. The zero-order valence-electron chi connectivity index (χ0n) is 7.61. The third kappa shape index (κ3) is 1.65. The van der Waals surface area contributed by atoms with Crippen LogP contribution in [0.5, 0.6) is 0 Å². The van der Waals surface area contributed by atoms with Gasteiger partial charge >= 0.3 is 0 Å². The molecule has 1 aromatic heterocycles. The molecule has 1 N–H and O–H groups in total. The number of rotatable bonds is 2. The lowest BCUT2D eigenvalue weighted by atomic mass is 10.1. The summed E-state index contributed by atoms with van der Waals surface area (Å²) < 4.78 is 0. The van der Waals surface area contributed by atoms with Crippen LogP contribution in [0.3, 0.4) is 0 Å². The van der Waals surface area contributed by atoms with Gasteiger partial charge in [-0.15, -0.1) is 0 Å². The number of hydrogen-bond donors (Lipinski definition) is 1. The molecule has 0 bridgehead atoms. The zero-order chi connectivity index (χ0) is 9.10. The molecule has 0 fully saturated rings. The third-order valence-corrected chi connectivity index (χ3v) is 2.41. The summed E-state index contributed by atoms with van der Waals surface area (Å²) in [4.78, 5) is 6.49. The number of aromatic nitrogens is 1. The number of β-amino-alcohol motifs (C(OH)–C–C–N with tert-alkyl or cyclic N) is 1. The lowest BCUT2D eigenvalue weighted by Gasteiger charge is -2.29. The third-order valence-electron chi connectivity index (χ3n) is 2.41. The molecule has 1 aliphatic heterocycles. The van der Waals surface area contributed by atoms with Crippen LogP contribution in [0.25, 0.3) is 0 Å². The summed E-state index contributed by atoms with van der Waals surface area (Å²) in [5.74, 6) is 1.06. The second kappa shape index (κ2) is 3.75. The van der Waals surface area contributed by atoms with Crippen molar-refractivity contribution in [1.29, 1.82) is 0 Å². The van der Waals surface area contributed by atoms with E-state index in [0.717, 1.165) is 18.8 Å². The highest BCUT2D eigenvalue weighted by atomic mass is 16.3. The number of aliphatic hydroxyl groups is 1. The fraction of sp³-hybridized carbons (Fsp3) is 0.500. The maximum Gasteiger partial charge on any atom is 0.131 e. The van der Waals surface area contributed by atoms with Gasteiger partial charge < -0.3 is 10.0 Å². The first-order valence-electron chi connectivity index (χ1n) is 4.71. The predicted octanol–water partition coefficient (Wildman–Crippen LogP) is 0.826. The lowest BCUT2D eigenvalue weighted by Crippen LogP contribution is -2.32. The van der Waals surface area contributed by atoms with E-state index < -0.39 is 0 Å². The fourth-order valence-electron chi connectivity index (χ4n) is 1.81. The van der Waals surface area contributed by atoms with E-state index in [1.54, 1.807) is 0 Å². The van der Waals surface area contributed by atoms with E-state index in [2.05, 4.69) is 16.0 Å². The molecule has 2 rings (SSSR count). The van der Waals surface area contributed by atoms with Crippen molar-refractivity contribution >= 4 is 5.82 Å². The topological polar surface area (TPSA) is 36.4 Å². The van der Waals surface area contributed by atoms with Crippen LogP contribution in [0.2, 0.25) is 0 Å². The van der Waals surface area contributed by atoms with Crippen LogP contribution in [0.4, 0.5) is 5.82 Å². The molecule has 0 saturated carbocycles. The summed E-state index contributed by atoms with van der Waals surface area (Å²) in [6.45, 7) is 1.92. The van der Waals surface area contributed by atoms with Gasteiger partial charge in [-0.2, -0.15) is 0 Å². The van der Waals surface area contributed by atoms with Crippen molar-refractivity contribution in [3.05, 3.63) is 23.9 Å². The van der Waals surface area contributed by atoms with Gasteiger partial charge in [0.25, 0.3) is 0 Å². The molecule has 1 aliphatic rings. The normalized spacial score (nSPS) is 15.6. The van der Waals surface area contributed by atoms with Crippen molar-refractivity contribution in [3.8, 4) is 0 Å². The minimum Gasteiger partial charge on any atom is -0.395 e. The molecule has 70 valence electrons. The van der Waals surface area contributed by atoms with Gasteiger partial charge in [0.05, 0.1) is 6.61 Å². The monoisotopic (exact) mass is 178 g/mol. The molecule has 1 aromatic rings. The number of fused-ring (bicyclic) bond motifs is 1.